The zero-order chi connectivity index (χ0) is 17.6. The third-order valence-electron chi connectivity index (χ3n) is 4.88. The van der Waals surface area contributed by atoms with Crippen molar-refractivity contribution in [3.63, 3.8) is 0 Å². The monoisotopic (exact) mass is 354 g/mol. The van der Waals surface area contributed by atoms with E-state index >= 15 is 0 Å². The van der Waals surface area contributed by atoms with Gasteiger partial charge in [0.15, 0.2) is 11.5 Å². The van der Waals surface area contributed by atoms with Gasteiger partial charge in [-0.15, -0.1) is 0 Å². The van der Waals surface area contributed by atoms with Gasteiger partial charge >= 0.3 is 0 Å². The second-order valence-corrected chi connectivity index (χ2v) is 6.75. The number of fused-ring (bicyclic) bond motifs is 1. The molecular weight excluding hydrogens is 328 g/mol. The Kier molecular flexibility index (Phi) is 5.45. The fraction of sp³-hybridized carbons (Fsp3) is 0.429. The molecule has 2 aliphatic rings. The minimum atomic E-state index is 0.289. The SMILES string of the molecule is c1cc(N2CCCCC2)ccc1CNCCOc1ccc2c(c1)OCO2. The number of anilines is 1. The maximum atomic E-state index is 5.76. The lowest BCUT2D eigenvalue weighted by atomic mass is 10.1. The predicted molar refractivity (Wildman–Crippen MR) is 102 cm³/mol. The van der Waals surface area contributed by atoms with Crippen LogP contribution in [-0.4, -0.2) is 33.0 Å². The van der Waals surface area contributed by atoms with Crippen LogP contribution in [0.5, 0.6) is 17.2 Å². The molecule has 5 nitrogen and oxygen atoms in total. The molecular formula is C21H26N2O3. The van der Waals surface area contributed by atoms with Gasteiger partial charge in [0, 0.05) is 37.9 Å². The van der Waals surface area contributed by atoms with Gasteiger partial charge in [-0.05, 0) is 49.1 Å². The first-order chi connectivity index (χ1) is 12.9. The van der Waals surface area contributed by atoms with Crippen LogP contribution in [0.4, 0.5) is 5.69 Å². The summed E-state index contributed by atoms with van der Waals surface area (Å²) in [6.07, 6.45) is 3.99. The number of nitrogens with one attached hydrogen (secondary N) is 1. The van der Waals surface area contributed by atoms with E-state index in [1.165, 1.54) is 43.6 Å². The third kappa shape index (κ3) is 4.22. The van der Waals surface area contributed by atoms with Gasteiger partial charge in [-0.3, -0.25) is 0 Å². The first-order valence-electron chi connectivity index (χ1n) is 9.45. The van der Waals surface area contributed by atoms with E-state index in [0.717, 1.165) is 30.3 Å². The van der Waals surface area contributed by atoms with Gasteiger partial charge in [0.1, 0.15) is 12.4 Å². The standard InChI is InChI=1S/C21H26N2O3/c1-2-11-23(12-3-1)18-6-4-17(5-7-18)15-22-10-13-24-19-8-9-20-21(14-19)26-16-25-20/h4-9,14,22H,1-3,10-13,15-16H2. The normalized spacial score (nSPS) is 15.9. The second-order valence-electron chi connectivity index (χ2n) is 6.75. The van der Waals surface area contributed by atoms with Crippen molar-refractivity contribution >= 4 is 5.69 Å². The molecule has 2 aliphatic heterocycles. The van der Waals surface area contributed by atoms with Crippen molar-refractivity contribution in [2.24, 2.45) is 0 Å². The Bertz CT molecular complexity index is 712. The zero-order valence-electron chi connectivity index (χ0n) is 15.1. The van der Waals surface area contributed by atoms with Crippen LogP contribution in [0.25, 0.3) is 0 Å². The predicted octanol–water partition coefficient (Wildman–Crippen LogP) is 3.57. The molecule has 1 fully saturated rings. The van der Waals surface area contributed by atoms with E-state index in [4.69, 9.17) is 14.2 Å². The fourth-order valence-corrected chi connectivity index (χ4v) is 3.42. The summed E-state index contributed by atoms with van der Waals surface area (Å²) >= 11 is 0. The lowest BCUT2D eigenvalue weighted by molar-refractivity contribution is 0.173. The van der Waals surface area contributed by atoms with Gasteiger partial charge < -0.3 is 24.4 Å². The highest BCUT2D eigenvalue weighted by Gasteiger charge is 2.13. The average molecular weight is 354 g/mol. The van der Waals surface area contributed by atoms with Crippen molar-refractivity contribution in [1.82, 2.24) is 5.32 Å². The number of nitrogens with zero attached hydrogens (tertiary/aromatic N) is 1. The molecule has 0 aliphatic carbocycles. The van der Waals surface area contributed by atoms with Crippen molar-refractivity contribution in [3.05, 3.63) is 48.0 Å². The van der Waals surface area contributed by atoms with Gasteiger partial charge in [0.05, 0.1) is 0 Å². The van der Waals surface area contributed by atoms with Crippen molar-refractivity contribution in [2.45, 2.75) is 25.8 Å². The summed E-state index contributed by atoms with van der Waals surface area (Å²) in [7, 11) is 0. The summed E-state index contributed by atoms with van der Waals surface area (Å²) in [5, 5.41) is 3.43. The lowest BCUT2D eigenvalue weighted by Crippen LogP contribution is -2.29. The largest absolute Gasteiger partial charge is 0.492 e. The van der Waals surface area contributed by atoms with Gasteiger partial charge in [0.2, 0.25) is 6.79 Å². The zero-order valence-corrected chi connectivity index (χ0v) is 15.1. The van der Waals surface area contributed by atoms with Gasteiger partial charge in [-0.25, -0.2) is 0 Å². The molecule has 0 spiro atoms. The first kappa shape index (κ1) is 17.0. The quantitative estimate of drug-likeness (QED) is 0.770. The summed E-state index contributed by atoms with van der Waals surface area (Å²) < 4.78 is 16.4. The van der Waals surface area contributed by atoms with Crippen molar-refractivity contribution in [2.75, 3.05) is 37.9 Å². The van der Waals surface area contributed by atoms with Crippen LogP contribution < -0.4 is 24.4 Å². The molecule has 0 bridgehead atoms. The van der Waals surface area contributed by atoms with Crippen molar-refractivity contribution in [3.8, 4) is 17.2 Å². The van der Waals surface area contributed by atoms with E-state index < -0.39 is 0 Å². The molecule has 26 heavy (non-hydrogen) atoms. The fourth-order valence-electron chi connectivity index (χ4n) is 3.42. The van der Waals surface area contributed by atoms with Crippen molar-refractivity contribution < 1.29 is 14.2 Å². The highest BCUT2D eigenvalue weighted by molar-refractivity contribution is 5.48. The Labute approximate surface area is 154 Å². The Balaban J connectivity index is 1.18. The minimum absolute atomic E-state index is 0.289. The molecule has 0 unspecified atom stereocenters. The lowest BCUT2D eigenvalue weighted by Gasteiger charge is -2.28. The topological polar surface area (TPSA) is 43.0 Å². The molecule has 4 rings (SSSR count). The van der Waals surface area contributed by atoms with E-state index in [0.29, 0.717) is 6.61 Å². The molecule has 0 atom stereocenters. The number of benzene rings is 2. The molecule has 2 aromatic carbocycles. The van der Waals surface area contributed by atoms with Gasteiger partial charge in [0.25, 0.3) is 0 Å². The Morgan fingerprint density at radius 3 is 2.58 bits per heavy atom. The summed E-state index contributed by atoms with van der Waals surface area (Å²) in [6, 6.07) is 14.6. The maximum Gasteiger partial charge on any atom is 0.231 e. The third-order valence-corrected chi connectivity index (χ3v) is 4.88. The second kappa shape index (κ2) is 8.32. The summed E-state index contributed by atoms with van der Waals surface area (Å²) in [5.74, 6) is 2.34. The summed E-state index contributed by atoms with van der Waals surface area (Å²) in [6.45, 7) is 4.93. The van der Waals surface area contributed by atoms with E-state index in [1.807, 2.05) is 18.2 Å². The molecule has 1 N–H and O–H groups in total. The highest BCUT2D eigenvalue weighted by atomic mass is 16.7. The molecule has 0 saturated carbocycles. The van der Waals surface area contributed by atoms with E-state index in [9.17, 15) is 0 Å². The minimum Gasteiger partial charge on any atom is -0.492 e. The molecule has 1 saturated heterocycles. The van der Waals surface area contributed by atoms with E-state index in [2.05, 4.69) is 34.5 Å². The van der Waals surface area contributed by atoms with Crippen LogP contribution in [0.3, 0.4) is 0 Å². The van der Waals surface area contributed by atoms with Gasteiger partial charge in [-0.2, -0.15) is 0 Å². The molecule has 0 amide bonds. The average Bonchev–Trinajstić information content (AvgIpc) is 3.17. The smallest absolute Gasteiger partial charge is 0.231 e. The molecule has 2 aromatic rings. The molecule has 5 heteroatoms. The van der Waals surface area contributed by atoms with Crippen LogP contribution in [0.2, 0.25) is 0 Å². The molecule has 138 valence electrons. The summed E-state index contributed by atoms with van der Waals surface area (Å²) in [4.78, 5) is 2.49. The van der Waals surface area contributed by atoms with E-state index in [-0.39, 0.29) is 6.79 Å². The molecule has 0 aromatic heterocycles. The highest BCUT2D eigenvalue weighted by Crippen LogP contribution is 2.35. The van der Waals surface area contributed by atoms with Crippen LogP contribution >= 0.6 is 0 Å². The Morgan fingerprint density at radius 1 is 0.923 bits per heavy atom. The van der Waals surface area contributed by atoms with E-state index in [1.54, 1.807) is 0 Å². The molecule has 0 radical (unpaired) electrons. The molecule has 2 heterocycles. The van der Waals surface area contributed by atoms with Crippen LogP contribution in [0.1, 0.15) is 24.8 Å². The van der Waals surface area contributed by atoms with Crippen LogP contribution in [-0.2, 0) is 6.54 Å². The maximum absolute atomic E-state index is 5.76. The Hall–Kier alpha value is -2.40. The number of hydrogen-bond donors (Lipinski definition) is 1. The van der Waals surface area contributed by atoms with Crippen LogP contribution in [0.15, 0.2) is 42.5 Å². The van der Waals surface area contributed by atoms with Gasteiger partial charge in [-0.1, -0.05) is 12.1 Å². The summed E-state index contributed by atoms with van der Waals surface area (Å²) in [5.41, 5.74) is 2.65. The number of ether oxygens (including phenoxy) is 3. The van der Waals surface area contributed by atoms with Crippen LogP contribution in [0, 0.1) is 0 Å². The first-order valence-corrected chi connectivity index (χ1v) is 9.45. The number of rotatable bonds is 7. The Morgan fingerprint density at radius 2 is 1.73 bits per heavy atom. The number of hydrogen-bond acceptors (Lipinski definition) is 5. The van der Waals surface area contributed by atoms with Crippen molar-refractivity contribution in [1.29, 1.82) is 0 Å². The number of piperidine rings is 1.